The molecule has 0 amide bonds. The monoisotopic (exact) mass is 481 g/mol. The second-order valence-corrected chi connectivity index (χ2v) is 12.6. The van der Waals surface area contributed by atoms with Crippen LogP contribution < -0.4 is 15.9 Å². The van der Waals surface area contributed by atoms with E-state index in [1.807, 2.05) is 26.0 Å². The molecule has 170 valence electrons. The molecule has 3 aromatic rings. The summed E-state index contributed by atoms with van der Waals surface area (Å²) in [5.74, 6) is 0.373. The van der Waals surface area contributed by atoms with Gasteiger partial charge in [0, 0.05) is 34.7 Å². The number of rotatable bonds is 5. The lowest BCUT2D eigenvalue weighted by Crippen LogP contribution is -2.28. The van der Waals surface area contributed by atoms with Gasteiger partial charge in [0.15, 0.2) is 0 Å². The molecule has 0 aliphatic carbocycles. The summed E-state index contributed by atoms with van der Waals surface area (Å²) < 4.78 is 12.5. The lowest BCUT2D eigenvalue weighted by atomic mass is 9.83. The zero-order valence-electron chi connectivity index (χ0n) is 18.9. The lowest BCUT2D eigenvalue weighted by Gasteiger charge is -2.21. The molecule has 1 aliphatic rings. The highest BCUT2D eigenvalue weighted by Crippen LogP contribution is 2.41. The third-order valence-corrected chi connectivity index (χ3v) is 7.96. The van der Waals surface area contributed by atoms with Crippen LogP contribution in [0.3, 0.4) is 0 Å². The standard InChI is InChI=1S/C24H25ClN5O2P/c1-14-7-21(33(3,4)32)18(25)10-20(14)30-23-27-6-5-19(29-23)15-8-16(11-26)22-17(9-15)24(2,13-31)12-28-22/h5-10,28,31H,12-13H2,1-4H3,(H,27,29,30). The van der Waals surface area contributed by atoms with Crippen LogP contribution in [-0.2, 0) is 9.98 Å². The van der Waals surface area contributed by atoms with Gasteiger partial charge in [0.2, 0.25) is 5.95 Å². The van der Waals surface area contributed by atoms with Gasteiger partial charge in [-0.2, -0.15) is 5.26 Å². The van der Waals surface area contributed by atoms with Crippen molar-refractivity contribution in [2.24, 2.45) is 0 Å². The number of fused-ring (bicyclic) bond motifs is 1. The highest BCUT2D eigenvalue weighted by Gasteiger charge is 2.36. The summed E-state index contributed by atoms with van der Waals surface area (Å²) in [6.07, 6.45) is 1.64. The zero-order valence-corrected chi connectivity index (χ0v) is 20.6. The topological polar surface area (TPSA) is 111 Å². The molecule has 2 heterocycles. The molecule has 1 aromatic heterocycles. The fourth-order valence-corrected chi connectivity index (χ4v) is 5.84. The molecule has 9 heteroatoms. The first-order valence-electron chi connectivity index (χ1n) is 10.5. The Labute approximate surface area is 198 Å². The van der Waals surface area contributed by atoms with Crippen LogP contribution in [0.25, 0.3) is 11.3 Å². The summed E-state index contributed by atoms with van der Waals surface area (Å²) in [4.78, 5) is 8.97. The Morgan fingerprint density at radius 3 is 2.76 bits per heavy atom. The van der Waals surface area contributed by atoms with Crippen molar-refractivity contribution < 1.29 is 9.67 Å². The number of halogens is 1. The predicted octanol–water partition coefficient (Wildman–Crippen LogP) is 4.64. The third kappa shape index (κ3) is 4.35. The van der Waals surface area contributed by atoms with Crippen LogP contribution in [0.2, 0.25) is 5.02 Å². The van der Waals surface area contributed by atoms with Crippen molar-refractivity contribution in [2.45, 2.75) is 19.3 Å². The van der Waals surface area contributed by atoms with Gasteiger partial charge >= 0.3 is 0 Å². The maximum atomic E-state index is 12.5. The van der Waals surface area contributed by atoms with Crippen LogP contribution in [0.5, 0.6) is 0 Å². The Bertz CT molecular complexity index is 1350. The van der Waals surface area contributed by atoms with Crippen molar-refractivity contribution >= 4 is 41.4 Å². The lowest BCUT2D eigenvalue weighted by molar-refractivity contribution is 0.219. The van der Waals surface area contributed by atoms with Gasteiger partial charge in [0.05, 0.1) is 28.6 Å². The smallest absolute Gasteiger partial charge is 0.227 e. The minimum Gasteiger partial charge on any atom is -0.395 e. The number of aliphatic hydroxyl groups is 1. The number of benzene rings is 2. The molecule has 33 heavy (non-hydrogen) atoms. The van der Waals surface area contributed by atoms with Crippen molar-refractivity contribution in [3.05, 3.63) is 58.2 Å². The number of nitriles is 1. The summed E-state index contributed by atoms with van der Waals surface area (Å²) in [7, 11) is -2.50. The average molecular weight is 482 g/mol. The van der Waals surface area contributed by atoms with Crippen molar-refractivity contribution in [3.8, 4) is 17.3 Å². The molecule has 2 aromatic carbocycles. The van der Waals surface area contributed by atoms with Crippen molar-refractivity contribution in [1.29, 1.82) is 5.26 Å². The van der Waals surface area contributed by atoms with E-state index in [0.717, 1.165) is 28.1 Å². The molecular weight excluding hydrogens is 457 g/mol. The molecule has 0 saturated carbocycles. The fraction of sp³-hybridized carbons (Fsp3) is 0.292. The normalized spacial score (nSPS) is 17.2. The molecule has 1 unspecified atom stereocenters. The van der Waals surface area contributed by atoms with E-state index < -0.39 is 12.6 Å². The fourth-order valence-electron chi connectivity index (χ4n) is 3.98. The molecule has 3 N–H and O–H groups in total. The quantitative estimate of drug-likeness (QED) is 0.455. The molecule has 0 fully saturated rings. The summed E-state index contributed by atoms with van der Waals surface area (Å²) in [6, 6.07) is 11.4. The van der Waals surface area contributed by atoms with Gasteiger partial charge in [-0.15, -0.1) is 0 Å². The molecule has 4 rings (SSSR count). The summed E-state index contributed by atoms with van der Waals surface area (Å²) >= 11 is 6.40. The first-order valence-corrected chi connectivity index (χ1v) is 13.4. The van der Waals surface area contributed by atoms with Crippen LogP contribution in [-0.4, -0.2) is 41.6 Å². The average Bonchev–Trinajstić information content (AvgIpc) is 3.12. The van der Waals surface area contributed by atoms with E-state index >= 15 is 0 Å². The first kappa shape index (κ1) is 23.3. The summed E-state index contributed by atoms with van der Waals surface area (Å²) in [5.41, 5.74) is 4.70. The first-order chi connectivity index (χ1) is 15.6. The molecule has 0 saturated heterocycles. The minimum atomic E-state index is -2.50. The molecule has 1 atom stereocenters. The van der Waals surface area contributed by atoms with E-state index in [2.05, 4.69) is 26.7 Å². The molecule has 0 spiro atoms. The van der Waals surface area contributed by atoms with E-state index in [4.69, 9.17) is 11.6 Å². The van der Waals surface area contributed by atoms with Crippen molar-refractivity contribution in [2.75, 3.05) is 37.1 Å². The highest BCUT2D eigenvalue weighted by atomic mass is 35.5. The number of aliphatic hydroxyl groups excluding tert-OH is 1. The molecule has 7 nitrogen and oxygen atoms in total. The number of hydrogen-bond donors (Lipinski definition) is 3. The van der Waals surface area contributed by atoms with Gasteiger partial charge < -0.3 is 20.3 Å². The van der Waals surface area contributed by atoms with E-state index in [0.29, 0.717) is 34.1 Å². The zero-order chi connectivity index (χ0) is 24.0. The number of hydrogen-bond acceptors (Lipinski definition) is 7. The van der Waals surface area contributed by atoms with E-state index in [-0.39, 0.29) is 6.61 Å². The Morgan fingerprint density at radius 1 is 1.33 bits per heavy atom. The van der Waals surface area contributed by atoms with Crippen LogP contribution in [0.15, 0.2) is 36.5 Å². The second-order valence-electron chi connectivity index (χ2n) is 8.99. The van der Waals surface area contributed by atoms with Gasteiger partial charge in [-0.3, -0.25) is 0 Å². The molecule has 0 bridgehead atoms. The van der Waals surface area contributed by atoms with Gasteiger partial charge in [-0.05, 0) is 61.7 Å². The van der Waals surface area contributed by atoms with Crippen LogP contribution in [0, 0.1) is 18.3 Å². The Hall–Kier alpha value is -2.91. The van der Waals surface area contributed by atoms with Gasteiger partial charge in [0.1, 0.15) is 13.2 Å². The summed E-state index contributed by atoms with van der Waals surface area (Å²) in [5, 5.41) is 27.1. The number of aryl methyl sites for hydroxylation is 1. The molecule has 0 radical (unpaired) electrons. The van der Waals surface area contributed by atoms with Crippen LogP contribution >= 0.6 is 18.7 Å². The number of nitrogens with zero attached hydrogens (tertiary/aromatic N) is 3. The maximum absolute atomic E-state index is 12.5. The number of nitrogens with one attached hydrogen (secondary N) is 2. The van der Waals surface area contributed by atoms with Crippen molar-refractivity contribution in [1.82, 2.24) is 9.97 Å². The Balaban J connectivity index is 1.72. The largest absolute Gasteiger partial charge is 0.395 e. The molecule has 1 aliphatic heterocycles. The van der Waals surface area contributed by atoms with Crippen LogP contribution in [0.1, 0.15) is 23.6 Å². The molecular formula is C24H25ClN5O2P. The van der Waals surface area contributed by atoms with E-state index in [9.17, 15) is 14.9 Å². The van der Waals surface area contributed by atoms with Gasteiger partial charge in [-0.25, -0.2) is 9.97 Å². The Kier molecular flexibility index (Phi) is 5.96. The van der Waals surface area contributed by atoms with E-state index in [1.54, 1.807) is 37.7 Å². The van der Waals surface area contributed by atoms with Crippen molar-refractivity contribution in [3.63, 3.8) is 0 Å². The minimum absolute atomic E-state index is 0.0314. The number of anilines is 3. The van der Waals surface area contributed by atoms with Gasteiger partial charge in [0.25, 0.3) is 0 Å². The number of aromatic nitrogens is 2. The SMILES string of the molecule is Cc1cc(P(C)(C)=O)c(Cl)cc1Nc1nccc(-c2cc(C#N)c3c(c2)C(C)(CO)CN3)n1. The van der Waals surface area contributed by atoms with Crippen LogP contribution in [0.4, 0.5) is 17.3 Å². The Morgan fingerprint density at radius 2 is 2.09 bits per heavy atom. The maximum Gasteiger partial charge on any atom is 0.227 e. The third-order valence-electron chi connectivity index (χ3n) is 5.99. The van der Waals surface area contributed by atoms with Gasteiger partial charge in [-0.1, -0.05) is 18.5 Å². The summed E-state index contributed by atoms with van der Waals surface area (Å²) in [6.45, 7) is 7.78. The predicted molar refractivity (Wildman–Crippen MR) is 134 cm³/mol. The highest BCUT2D eigenvalue weighted by molar-refractivity contribution is 7.70. The second kappa shape index (κ2) is 8.46. The van der Waals surface area contributed by atoms with E-state index in [1.165, 1.54) is 0 Å².